The Morgan fingerprint density at radius 2 is 2.24 bits per heavy atom. The normalized spacial score (nSPS) is 17.7. The van der Waals surface area contributed by atoms with Crippen LogP contribution in [-0.2, 0) is 16.0 Å². The van der Waals surface area contributed by atoms with Crippen LogP contribution < -0.4 is 5.32 Å². The molecule has 0 saturated carbocycles. The van der Waals surface area contributed by atoms with Gasteiger partial charge in [-0.05, 0) is 24.0 Å². The summed E-state index contributed by atoms with van der Waals surface area (Å²) >= 11 is 0. The number of hydrogen-bond donors (Lipinski definition) is 1. The van der Waals surface area contributed by atoms with E-state index in [1.54, 1.807) is 0 Å². The number of esters is 1. The first kappa shape index (κ1) is 12.0. The Morgan fingerprint density at radius 1 is 1.47 bits per heavy atom. The predicted molar refractivity (Wildman–Crippen MR) is 68.0 cm³/mol. The molecule has 1 N–H and O–H groups in total. The molecule has 0 fully saturated rings. The molecule has 1 heterocycles. The third-order valence-corrected chi connectivity index (χ3v) is 3.00. The summed E-state index contributed by atoms with van der Waals surface area (Å²) in [5, 5.41) is 3.20. The molecule has 17 heavy (non-hydrogen) atoms. The summed E-state index contributed by atoms with van der Waals surface area (Å²) in [6.07, 6.45) is 1.65. The third-order valence-electron chi connectivity index (χ3n) is 3.00. The zero-order valence-corrected chi connectivity index (χ0v) is 10.4. The van der Waals surface area contributed by atoms with Crippen molar-refractivity contribution in [1.82, 2.24) is 0 Å². The van der Waals surface area contributed by atoms with Crippen molar-refractivity contribution < 1.29 is 9.53 Å². The molecular weight excluding hydrogens is 214 g/mol. The van der Waals surface area contributed by atoms with E-state index in [0.29, 0.717) is 12.5 Å². The highest BCUT2D eigenvalue weighted by Crippen LogP contribution is 2.25. The molecule has 1 aliphatic rings. The van der Waals surface area contributed by atoms with E-state index in [1.807, 2.05) is 24.3 Å². The second kappa shape index (κ2) is 5.21. The number of ether oxygens (including phenoxy) is 1. The lowest BCUT2D eigenvalue weighted by Gasteiger charge is -2.12. The second-order valence-corrected chi connectivity index (χ2v) is 4.91. The van der Waals surface area contributed by atoms with Crippen LogP contribution in [-0.4, -0.2) is 18.6 Å². The average Bonchev–Trinajstić information content (AvgIpc) is 2.71. The van der Waals surface area contributed by atoms with Crippen molar-refractivity contribution in [2.24, 2.45) is 5.92 Å². The molecule has 92 valence electrons. The summed E-state index contributed by atoms with van der Waals surface area (Å²) < 4.78 is 5.27. The molecule has 0 saturated heterocycles. The Morgan fingerprint density at radius 3 is 2.94 bits per heavy atom. The summed E-state index contributed by atoms with van der Waals surface area (Å²) in [7, 11) is 0. The molecule has 0 bridgehead atoms. The fourth-order valence-corrected chi connectivity index (χ4v) is 1.94. The smallest absolute Gasteiger partial charge is 0.328 e. The van der Waals surface area contributed by atoms with E-state index in [1.165, 1.54) is 5.56 Å². The molecule has 0 amide bonds. The largest absolute Gasteiger partial charge is 0.464 e. The van der Waals surface area contributed by atoms with Crippen LogP contribution in [0, 0.1) is 5.92 Å². The van der Waals surface area contributed by atoms with E-state index in [0.717, 1.165) is 18.5 Å². The standard InChI is InChI=1S/C14H19NO2/c1-10(2)7-8-17-14(16)13-9-11-5-3-4-6-12(11)15-13/h3-6,10,13,15H,7-9H2,1-2H3/t13-/m0/s1. The van der Waals surface area contributed by atoms with Crippen LogP contribution in [0.3, 0.4) is 0 Å². The first-order valence-electron chi connectivity index (χ1n) is 6.18. The van der Waals surface area contributed by atoms with Crippen LogP contribution in [0.1, 0.15) is 25.8 Å². The van der Waals surface area contributed by atoms with Gasteiger partial charge in [-0.15, -0.1) is 0 Å². The Balaban J connectivity index is 1.84. The monoisotopic (exact) mass is 233 g/mol. The van der Waals surface area contributed by atoms with Crippen molar-refractivity contribution in [2.75, 3.05) is 11.9 Å². The van der Waals surface area contributed by atoms with E-state index < -0.39 is 0 Å². The van der Waals surface area contributed by atoms with Gasteiger partial charge in [0.05, 0.1) is 6.61 Å². The molecule has 1 aromatic carbocycles. The zero-order valence-electron chi connectivity index (χ0n) is 10.4. The maximum atomic E-state index is 11.8. The lowest BCUT2D eigenvalue weighted by molar-refractivity contribution is -0.144. The lowest BCUT2D eigenvalue weighted by Crippen LogP contribution is -2.29. The molecule has 1 atom stereocenters. The number of benzene rings is 1. The van der Waals surface area contributed by atoms with Crippen LogP contribution in [0.5, 0.6) is 0 Å². The molecule has 1 aromatic rings. The van der Waals surface area contributed by atoms with Gasteiger partial charge < -0.3 is 10.1 Å². The Hall–Kier alpha value is -1.51. The minimum absolute atomic E-state index is 0.137. The lowest BCUT2D eigenvalue weighted by atomic mass is 10.1. The van der Waals surface area contributed by atoms with Gasteiger partial charge in [-0.2, -0.15) is 0 Å². The third kappa shape index (κ3) is 2.99. The fourth-order valence-electron chi connectivity index (χ4n) is 1.94. The Bertz CT molecular complexity index is 376. The van der Waals surface area contributed by atoms with Crippen molar-refractivity contribution >= 4 is 11.7 Å². The number of hydrogen-bond acceptors (Lipinski definition) is 3. The summed E-state index contributed by atoms with van der Waals surface area (Å²) in [5.41, 5.74) is 2.25. The van der Waals surface area contributed by atoms with Gasteiger partial charge >= 0.3 is 5.97 Å². The quantitative estimate of drug-likeness (QED) is 0.812. The summed E-state index contributed by atoms with van der Waals surface area (Å²) in [6.45, 7) is 4.76. The van der Waals surface area contributed by atoms with Crippen molar-refractivity contribution in [1.29, 1.82) is 0 Å². The molecule has 2 rings (SSSR count). The second-order valence-electron chi connectivity index (χ2n) is 4.91. The Kier molecular flexibility index (Phi) is 3.67. The summed E-state index contributed by atoms with van der Waals surface area (Å²) in [6, 6.07) is 7.80. The number of anilines is 1. The first-order chi connectivity index (χ1) is 8.16. The number of nitrogens with one attached hydrogen (secondary N) is 1. The van der Waals surface area contributed by atoms with E-state index >= 15 is 0 Å². The molecule has 0 aromatic heterocycles. The molecule has 3 heteroatoms. The van der Waals surface area contributed by atoms with E-state index in [-0.39, 0.29) is 12.0 Å². The van der Waals surface area contributed by atoms with Crippen LogP contribution >= 0.6 is 0 Å². The fraction of sp³-hybridized carbons (Fsp3) is 0.500. The van der Waals surface area contributed by atoms with Crippen molar-refractivity contribution in [3.05, 3.63) is 29.8 Å². The highest BCUT2D eigenvalue weighted by molar-refractivity contribution is 5.82. The number of rotatable bonds is 4. The number of carbonyl (C=O) groups excluding carboxylic acids is 1. The molecule has 0 spiro atoms. The van der Waals surface area contributed by atoms with Gasteiger partial charge in [0, 0.05) is 12.1 Å². The van der Waals surface area contributed by atoms with Gasteiger partial charge in [0.15, 0.2) is 0 Å². The molecule has 0 unspecified atom stereocenters. The zero-order chi connectivity index (χ0) is 12.3. The maximum Gasteiger partial charge on any atom is 0.328 e. The molecule has 0 aliphatic carbocycles. The number of para-hydroxylation sites is 1. The molecular formula is C14H19NO2. The van der Waals surface area contributed by atoms with E-state index in [4.69, 9.17) is 4.74 Å². The van der Waals surface area contributed by atoms with Gasteiger partial charge in [-0.25, -0.2) is 4.79 Å². The molecule has 3 nitrogen and oxygen atoms in total. The Labute approximate surface area is 102 Å². The van der Waals surface area contributed by atoms with Crippen molar-refractivity contribution in [2.45, 2.75) is 32.7 Å². The van der Waals surface area contributed by atoms with Gasteiger partial charge in [0.1, 0.15) is 6.04 Å². The van der Waals surface area contributed by atoms with Gasteiger partial charge in [-0.1, -0.05) is 32.0 Å². The van der Waals surface area contributed by atoms with Gasteiger partial charge in [0.25, 0.3) is 0 Å². The van der Waals surface area contributed by atoms with Crippen LogP contribution in [0.2, 0.25) is 0 Å². The van der Waals surface area contributed by atoms with Gasteiger partial charge in [0.2, 0.25) is 0 Å². The van der Waals surface area contributed by atoms with Crippen LogP contribution in [0.25, 0.3) is 0 Å². The van der Waals surface area contributed by atoms with Crippen LogP contribution in [0.4, 0.5) is 5.69 Å². The minimum atomic E-state index is -0.209. The van der Waals surface area contributed by atoms with Crippen molar-refractivity contribution in [3.63, 3.8) is 0 Å². The topological polar surface area (TPSA) is 38.3 Å². The predicted octanol–water partition coefficient (Wildman–Crippen LogP) is 2.61. The van der Waals surface area contributed by atoms with Crippen molar-refractivity contribution in [3.8, 4) is 0 Å². The van der Waals surface area contributed by atoms with Crippen LogP contribution in [0.15, 0.2) is 24.3 Å². The highest BCUT2D eigenvalue weighted by Gasteiger charge is 2.27. The maximum absolute atomic E-state index is 11.8. The molecule has 0 radical (unpaired) electrons. The SMILES string of the molecule is CC(C)CCOC(=O)[C@@H]1Cc2ccccc2N1. The summed E-state index contributed by atoms with van der Waals surface area (Å²) in [5.74, 6) is 0.429. The number of fused-ring (bicyclic) bond motifs is 1. The average molecular weight is 233 g/mol. The van der Waals surface area contributed by atoms with E-state index in [2.05, 4.69) is 19.2 Å². The van der Waals surface area contributed by atoms with E-state index in [9.17, 15) is 4.79 Å². The minimum Gasteiger partial charge on any atom is -0.464 e. The summed E-state index contributed by atoms with van der Waals surface area (Å²) in [4.78, 5) is 11.8. The highest BCUT2D eigenvalue weighted by atomic mass is 16.5. The van der Waals surface area contributed by atoms with Gasteiger partial charge in [-0.3, -0.25) is 0 Å². The molecule has 1 aliphatic heterocycles. The first-order valence-corrected chi connectivity index (χ1v) is 6.18. The number of carbonyl (C=O) groups is 1.